The van der Waals surface area contributed by atoms with Crippen molar-refractivity contribution < 1.29 is 9.53 Å². The van der Waals surface area contributed by atoms with E-state index in [2.05, 4.69) is 37.4 Å². The second-order valence-electron chi connectivity index (χ2n) is 5.24. The van der Waals surface area contributed by atoms with Crippen LogP contribution in [0.5, 0.6) is 0 Å². The Labute approximate surface area is 126 Å². The molecule has 0 aliphatic rings. The highest BCUT2D eigenvalue weighted by molar-refractivity contribution is 5.77. The minimum Gasteiger partial charge on any atom is -0.468 e. The summed E-state index contributed by atoms with van der Waals surface area (Å²) in [5, 5.41) is 3.28. The number of carbonyl (C=O) groups excluding carboxylic acids is 1. The Bertz CT molecular complexity index is 588. The van der Waals surface area contributed by atoms with E-state index in [1.807, 2.05) is 30.3 Å². The molecule has 0 aliphatic heterocycles. The summed E-state index contributed by atoms with van der Waals surface area (Å²) in [4.78, 5) is 12.0. The monoisotopic (exact) mass is 283 g/mol. The molecule has 2 aromatic carbocycles. The Morgan fingerprint density at radius 2 is 1.71 bits per heavy atom. The zero-order valence-corrected chi connectivity index (χ0v) is 12.7. The Morgan fingerprint density at radius 1 is 1.10 bits per heavy atom. The minimum atomic E-state index is -0.447. The standard InChI is InChI=1S/C18H21NO2/c1-13-9-14(2)11-15(10-13)12-19-17(18(20)21-3)16-7-5-4-6-8-16/h4-11,17,19H,12H2,1-3H3. The molecular weight excluding hydrogens is 262 g/mol. The van der Waals surface area contributed by atoms with Crippen LogP contribution >= 0.6 is 0 Å². The molecule has 0 aliphatic carbocycles. The van der Waals surface area contributed by atoms with Crippen LogP contribution in [0, 0.1) is 13.8 Å². The van der Waals surface area contributed by atoms with E-state index in [4.69, 9.17) is 4.74 Å². The van der Waals surface area contributed by atoms with Gasteiger partial charge < -0.3 is 4.74 Å². The number of methoxy groups -OCH3 is 1. The Balaban J connectivity index is 2.14. The fourth-order valence-electron chi connectivity index (χ4n) is 2.49. The number of ether oxygens (including phenoxy) is 1. The molecule has 0 spiro atoms. The van der Waals surface area contributed by atoms with Crippen LogP contribution in [-0.4, -0.2) is 13.1 Å². The molecule has 3 heteroatoms. The van der Waals surface area contributed by atoms with Gasteiger partial charge in [0.25, 0.3) is 0 Å². The van der Waals surface area contributed by atoms with E-state index >= 15 is 0 Å². The first kappa shape index (κ1) is 15.3. The fraction of sp³-hybridized carbons (Fsp3) is 0.278. The van der Waals surface area contributed by atoms with Crippen molar-refractivity contribution in [2.24, 2.45) is 0 Å². The van der Waals surface area contributed by atoms with Gasteiger partial charge >= 0.3 is 5.97 Å². The molecule has 3 nitrogen and oxygen atoms in total. The topological polar surface area (TPSA) is 38.3 Å². The van der Waals surface area contributed by atoms with E-state index < -0.39 is 6.04 Å². The van der Waals surface area contributed by atoms with Crippen LogP contribution < -0.4 is 5.32 Å². The quantitative estimate of drug-likeness (QED) is 0.856. The van der Waals surface area contributed by atoms with Crippen molar-refractivity contribution in [3.8, 4) is 0 Å². The van der Waals surface area contributed by atoms with Crippen LogP contribution in [0.4, 0.5) is 0 Å². The van der Waals surface area contributed by atoms with E-state index in [0.717, 1.165) is 11.1 Å². The van der Waals surface area contributed by atoms with Gasteiger partial charge in [-0.15, -0.1) is 0 Å². The van der Waals surface area contributed by atoms with Crippen LogP contribution in [0.3, 0.4) is 0 Å². The van der Waals surface area contributed by atoms with Gasteiger partial charge in [-0.05, 0) is 25.0 Å². The van der Waals surface area contributed by atoms with Crippen molar-refractivity contribution in [1.82, 2.24) is 5.32 Å². The lowest BCUT2D eigenvalue weighted by Gasteiger charge is -2.17. The summed E-state index contributed by atoms with van der Waals surface area (Å²) in [7, 11) is 1.41. The van der Waals surface area contributed by atoms with Crippen LogP contribution in [0.15, 0.2) is 48.5 Å². The molecule has 1 N–H and O–H groups in total. The highest BCUT2D eigenvalue weighted by atomic mass is 16.5. The summed E-state index contributed by atoms with van der Waals surface area (Å²) in [5.41, 5.74) is 4.52. The van der Waals surface area contributed by atoms with Gasteiger partial charge in [-0.3, -0.25) is 5.32 Å². The largest absolute Gasteiger partial charge is 0.468 e. The fourth-order valence-corrected chi connectivity index (χ4v) is 2.49. The molecule has 0 heterocycles. The number of rotatable bonds is 5. The van der Waals surface area contributed by atoms with Crippen molar-refractivity contribution in [3.05, 3.63) is 70.8 Å². The zero-order valence-electron chi connectivity index (χ0n) is 12.7. The number of benzene rings is 2. The number of hydrogen-bond acceptors (Lipinski definition) is 3. The lowest BCUT2D eigenvalue weighted by Crippen LogP contribution is -2.29. The third-order valence-electron chi connectivity index (χ3n) is 3.36. The van der Waals surface area contributed by atoms with Gasteiger partial charge in [-0.2, -0.15) is 0 Å². The zero-order chi connectivity index (χ0) is 15.2. The molecule has 0 aromatic heterocycles. The molecule has 0 fully saturated rings. The molecule has 21 heavy (non-hydrogen) atoms. The third kappa shape index (κ3) is 4.17. The number of nitrogens with one attached hydrogen (secondary N) is 1. The first-order valence-electron chi connectivity index (χ1n) is 7.03. The van der Waals surface area contributed by atoms with Crippen molar-refractivity contribution in [3.63, 3.8) is 0 Å². The maximum atomic E-state index is 12.0. The molecule has 110 valence electrons. The molecule has 0 saturated carbocycles. The van der Waals surface area contributed by atoms with Crippen LogP contribution in [-0.2, 0) is 16.1 Å². The van der Waals surface area contributed by atoms with Crippen LogP contribution in [0.2, 0.25) is 0 Å². The van der Waals surface area contributed by atoms with Gasteiger partial charge in [0.2, 0.25) is 0 Å². The van der Waals surface area contributed by atoms with E-state index in [9.17, 15) is 4.79 Å². The van der Waals surface area contributed by atoms with E-state index in [0.29, 0.717) is 6.54 Å². The Morgan fingerprint density at radius 3 is 2.29 bits per heavy atom. The van der Waals surface area contributed by atoms with E-state index in [1.165, 1.54) is 18.2 Å². The van der Waals surface area contributed by atoms with Gasteiger partial charge in [-0.25, -0.2) is 4.79 Å². The lowest BCUT2D eigenvalue weighted by molar-refractivity contribution is -0.143. The number of carbonyl (C=O) groups is 1. The summed E-state index contributed by atoms with van der Waals surface area (Å²) in [6.07, 6.45) is 0. The highest BCUT2D eigenvalue weighted by Gasteiger charge is 2.20. The normalized spacial score (nSPS) is 12.0. The summed E-state index contributed by atoms with van der Waals surface area (Å²) in [5.74, 6) is -0.273. The summed E-state index contributed by atoms with van der Waals surface area (Å²) < 4.78 is 4.90. The average molecular weight is 283 g/mol. The van der Waals surface area contributed by atoms with Gasteiger partial charge in [0.15, 0.2) is 0 Å². The third-order valence-corrected chi connectivity index (χ3v) is 3.36. The Kier molecular flexibility index (Phi) is 5.12. The molecule has 1 unspecified atom stereocenters. The predicted molar refractivity (Wildman–Crippen MR) is 84.0 cm³/mol. The van der Waals surface area contributed by atoms with Crippen molar-refractivity contribution in [2.45, 2.75) is 26.4 Å². The van der Waals surface area contributed by atoms with E-state index in [-0.39, 0.29) is 5.97 Å². The first-order valence-corrected chi connectivity index (χ1v) is 7.03. The Hall–Kier alpha value is -2.13. The maximum Gasteiger partial charge on any atom is 0.327 e. The molecule has 2 aromatic rings. The van der Waals surface area contributed by atoms with Gasteiger partial charge in [0, 0.05) is 6.54 Å². The molecular formula is C18H21NO2. The SMILES string of the molecule is COC(=O)C(NCc1cc(C)cc(C)c1)c1ccccc1. The average Bonchev–Trinajstić information content (AvgIpc) is 2.47. The van der Waals surface area contributed by atoms with E-state index in [1.54, 1.807) is 0 Å². The van der Waals surface area contributed by atoms with Crippen LogP contribution in [0.1, 0.15) is 28.3 Å². The highest BCUT2D eigenvalue weighted by Crippen LogP contribution is 2.16. The van der Waals surface area contributed by atoms with Crippen molar-refractivity contribution >= 4 is 5.97 Å². The molecule has 1 atom stereocenters. The second-order valence-corrected chi connectivity index (χ2v) is 5.24. The van der Waals surface area contributed by atoms with Gasteiger partial charge in [0.05, 0.1) is 7.11 Å². The summed E-state index contributed by atoms with van der Waals surface area (Å²) >= 11 is 0. The summed E-state index contributed by atoms with van der Waals surface area (Å²) in [6.45, 7) is 4.77. The first-order chi connectivity index (χ1) is 10.1. The maximum absolute atomic E-state index is 12.0. The van der Waals surface area contributed by atoms with Crippen LogP contribution in [0.25, 0.3) is 0 Å². The van der Waals surface area contributed by atoms with Gasteiger partial charge in [-0.1, -0.05) is 59.7 Å². The molecule has 0 amide bonds. The molecule has 2 rings (SSSR count). The number of esters is 1. The predicted octanol–water partition coefficient (Wildman–Crippen LogP) is 3.31. The molecule has 0 saturated heterocycles. The molecule has 0 radical (unpaired) electrons. The van der Waals surface area contributed by atoms with Crippen molar-refractivity contribution in [1.29, 1.82) is 0 Å². The minimum absolute atomic E-state index is 0.273. The van der Waals surface area contributed by atoms with Gasteiger partial charge in [0.1, 0.15) is 6.04 Å². The number of aryl methyl sites for hydroxylation is 2. The smallest absolute Gasteiger partial charge is 0.327 e. The second kappa shape index (κ2) is 7.04. The molecule has 0 bridgehead atoms. The lowest BCUT2D eigenvalue weighted by atomic mass is 10.0. The summed E-state index contributed by atoms with van der Waals surface area (Å²) in [6, 6.07) is 15.6. The van der Waals surface area contributed by atoms with Crippen molar-refractivity contribution in [2.75, 3.05) is 7.11 Å². The number of hydrogen-bond donors (Lipinski definition) is 1.